The number of hydrogen-bond donors (Lipinski definition) is 2. The predicted octanol–water partition coefficient (Wildman–Crippen LogP) is 2.17. The Hall–Kier alpha value is -1.10. The fraction of sp³-hybridized carbons (Fsp3) is 0.333. The Morgan fingerprint density at radius 1 is 1.25 bits per heavy atom. The van der Waals surface area contributed by atoms with Crippen LogP contribution in [0, 0.1) is 0 Å². The fourth-order valence-electron chi connectivity index (χ4n) is 1.48. The van der Waals surface area contributed by atoms with Crippen LogP contribution < -0.4 is 5.32 Å². The van der Waals surface area contributed by atoms with Crippen LogP contribution in [-0.2, 0) is 19.6 Å². The summed E-state index contributed by atoms with van der Waals surface area (Å²) >= 11 is 1.73. The molecule has 2 aromatic rings. The molecule has 2 aromatic heterocycles. The highest BCUT2D eigenvalue weighted by Gasteiger charge is 2.00. The molecule has 0 amide bonds. The third-order valence-corrected chi connectivity index (χ3v) is 3.07. The van der Waals surface area contributed by atoms with Gasteiger partial charge in [0, 0.05) is 0 Å². The molecule has 0 unspecified atom stereocenters. The van der Waals surface area contributed by atoms with Gasteiger partial charge in [-0.15, -0.1) is 0 Å². The molecule has 86 valence electrons. The van der Waals surface area contributed by atoms with E-state index in [-0.39, 0.29) is 6.61 Å². The summed E-state index contributed by atoms with van der Waals surface area (Å²) in [6, 6.07) is 5.84. The lowest BCUT2D eigenvalue weighted by Crippen LogP contribution is -2.15. The molecule has 0 aromatic carbocycles. The van der Waals surface area contributed by atoms with Crippen molar-refractivity contribution in [1.29, 1.82) is 0 Å². The average Bonchev–Trinajstić information content (AvgIpc) is 2.95. The number of thiophene rings is 1. The molecule has 0 radical (unpaired) electrons. The zero-order chi connectivity index (χ0) is 11.2. The molecule has 0 atom stereocenters. The monoisotopic (exact) mass is 237 g/mol. The standard InChI is InChI=1S/C12H15NO2S/c14-8-12-2-1-11(15-12)7-13-5-3-10-4-6-16-9-10/h1-2,4,6,9,13-14H,3,5,7-8H2. The van der Waals surface area contributed by atoms with E-state index >= 15 is 0 Å². The van der Waals surface area contributed by atoms with E-state index < -0.39 is 0 Å². The summed E-state index contributed by atoms with van der Waals surface area (Å²) in [4.78, 5) is 0. The third kappa shape index (κ3) is 3.20. The maximum Gasteiger partial charge on any atom is 0.129 e. The van der Waals surface area contributed by atoms with Gasteiger partial charge < -0.3 is 14.8 Å². The Labute approximate surface area is 98.7 Å². The number of furan rings is 1. The van der Waals surface area contributed by atoms with E-state index in [9.17, 15) is 0 Å². The third-order valence-electron chi connectivity index (χ3n) is 2.34. The van der Waals surface area contributed by atoms with Crippen molar-refractivity contribution in [1.82, 2.24) is 5.32 Å². The van der Waals surface area contributed by atoms with Gasteiger partial charge in [-0.25, -0.2) is 0 Å². The van der Waals surface area contributed by atoms with Crippen LogP contribution >= 0.6 is 11.3 Å². The van der Waals surface area contributed by atoms with Crippen LogP contribution in [0.4, 0.5) is 0 Å². The van der Waals surface area contributed by atoms with Gasteiger partial charge in [0.1, 0.15) is 18.1 Å². The lowest BCUT2D eigenvalue weighted by atomic mass is 10.2. The minimum atomic E-state index is -0.0328. The molecule has 16 heavy (non-hydrogen) atoms. The molecule has 0 aliphatic rings. The molecule has 2 N–H and O–H groups in total. The van der Waals surface area contributed by atoms with Crippen LogP contribution in [0.2, 0.25) is 0 Å². The highest BCUT2D eigenvalue weighted by molar-refractivity contribution is 7.07. The Morgan fingerprint density at radius 3 is 2.81 bits per heavy atom. The summed E-state index contributed by atoms with van der Waals surface area (Å²) < 4.78 is 5.36. The average molecular weight is 237 g/mol. The van der Waals surface area contributed by atoms with Gasteiger partial charge in [0.25, 0.3) is 0 Å². The number of nitrogens with one attached hydrogen (secondary N) is 1. The van der Waals surface area contributed by atoms with Crippen LogP contribution in [0.1, 0.15) is 17.1 Å². The van der Waals surface area contributed by atoms with Gasteiger partial charge in [0.15, 0.2) is 0 Å². The van der Waals surface area contributed by atoms with E-state index in [1.165, 1.54) is 5.56 Å². The van der Waals surface area contributed by atoms with Gasteiger partial charge in [-0.05, 0) is 47.5 Å². The Balaban J connectivity index is 1.68. The second-order valence-corrected chi connectivity index (χ2v) is 4.36. The fourth-order valence-corrected chi connectivity index (χ4v) is 2.18. The van der Waals surface area contributed by atoms with Gasteiger partial charge in [-0.3, -0.25) is 0 Å². The van der Waals surface area contributed by atoms with Crippen molar-refractivity contribution in [3.63, 3.8) is 0 Å². The zero-order valence-electron chi connectivity index (χ0n) is 8.98. The first-order valence-corrected chi connectivity index (χ1v) is 6.23. The van der Waals surface area contributed by atoms with Crippen LogP contribution in [0.5, 0.6) is 0 Å². The van der Waals surface area contributed by atoms with E-state index in [1.54, 1.807) is 17.4 Å². The second kappa shape index (κ2) is 5.84. The molecule has 3 nitrogen and oxygen atoms in total. The van der Waals surface area contributed by atoms with E-state index in [4.69, 9.17) is 9.52 Å². The van der Waals surface area contributed by atoms with Crippen molar-refractivity contribution in [2.75, 3.05) is 6.54 Å². The molecule has 0 bridgehead atoms. The second-order valence-electron chi connectivity index (χ2n) is 3.58. The lowest BCUT2D eigenvalue weighted by molar-refractivity contribution is 0.243. The Kier molecular flexibility index (Phi) is 4.16. The molecule has 0 fully saturated rings. The van der Waals surface area contributed by atoms with Crippen molar-refractivity contribution in [3.8, 4) is 0 Å². The summed E-state index contributed by atoms with van der Waals surface area (Å²) in [5.74, 6) is 1.49. The van der Waals surface area contributed by atoms with E-state index in [0.29, 0.717) is 12.3 Å². The minimum absolute atomic E-state index is 0.0328. The number of aliphatic hydroxyl groups excluding tert-OH is 1. The largest absolute Gasteiger partial charge is 0.462 e. The summed E-state index contributed by atoms with van der Waals surface area (Å²) in [5.41, 5.74) is 1.37. The topological polar surface area (TPSA) is 45.4 Å². The van der Waals surface area contributed by atoms with Crippen LogP contribution in [0.15, 0.2) is 33.4 Å². The molecule has 2 rings (SSSR count). The van der Waals surface area contributed by atoms with E-state index in [1.807, 2.05) is 6.07 Å². The summed E-state index contributed by atoms with van der Waals surface area (Å²) in [5, 5.41) is 16.4. The van der Waals surface area contributed by atoms with E-state index in [0.717, 1.165) is 18.7 Å². The molecular weight excluding hydrogens is 222 g/mol. The first-order chi connectivity index (χ1) is 7.88. The van der Waals surface area contributed by atoms with Gasteiger partial charge in [0.2, 0.25) is 0 Å². The van der Waals surface area contributed by atoms with Crippen molar-refractivity contribution < 1.29 is 9.52 Å². The van der Waals surface area contributed by atoms with Gasteiger partial charge in [-0.1, -0.05) is 0 Å². The van der Waals surface area contributed by atoms with Crippen LogP contribution in [0.3, 0.4) is 0 Å². The number of aliphatic hydroxyl groups is 1. The van der Waals surface area contributed by atoms with Crippen molar-refractivity contribution >= 4 is 11.3 Å². The summed E-state index contributed by atoms with van der Waals surface area (Å²) in [7, 11) is 0. The zero-order valence-corrected chi connectivity index (χ0v) is 9.80. The Morgan fingerprint density at radius 2 is 2.12 bits per heavy atom. The van der Waals surface area contributed by atoms with Gasteiger partial charge >= 0.3 is 0 Å². The SMILES string of the molecule is OCc1ccc(CNCCc2ccsc2)o1. The maximum absolute atomic E-state index is 8.83. The molecule has 2 heterocycles. The molecule has 4 heteroatoms. The molecule has 0 saturated heterocycles. The van der Waals surface area contributed by atoms with Crippen LogP contribution in [0.25, 0.3) is 0 Å². The first-order valence-electron chi connectivity index (χ1n) is 5.29. The predicted molar refractivity (Wildman–Crippen MR) is 64.4 cm³/mol. The quantitative estimate of drug-likeness (QED) is 0.757. The highest BCUT2D eigenvalue weighted by Crippen LogP contribution is 2.08. The normalized spacial score (nSPS) is 10.8. The summed E-state index contributed by atoms with van der Waals surface area (Å²) in [6.45, 7) is 1.62. The molecular formula is C12H15NO2S. The van der Waals surface area contributed by atoms with Crippen molar-refractivity contribution in [2.45, 2.75) is 19.6 Å². The van der Waals surface area contributed by atoms with Crippen LogP contribution in [-0.4, -0.2) is 11.7 Å². The van der Waals surface area contributed by atoms with E-state index in [2.05, 4.69) is 22.1 Å². The minimum Gasteiger partial charge on any atom is -0.462 e. The molecule has 0 aliphatic heterocycles. The summed E-state index contributed by atoms with van der Waals surface area (Å²) in [6.07, 6.45) is 1.04. The van der Waals surface area contributed by atoms with Gasteiger partial charge in [-0.2, -0.15) is 11.3 Å². The smallest absolute Gasteiger partial charge is 0.129 e. The molecule has 0 aliphatic carbocycles. The lowest BCUT2D eigenvalue weighted by Gasteiger charge is -2.01. The van der Waals surface area contributed by atoms with Crippen molar-refractivity contribution in [3.05, 3.63) is 46.0 Å². The molecule has 0 saturated carbocycles. The Bertz CT molecular complexity index is 408. The van der Waals surface area contributed by atoms with Crippen molar-refractivity contribution in [2.24, 2.45) is 0 Å². The van der Waals surface area contributed by atoms with Gasteiger partial charge in [0.05, 0.1) is 6.54 Å². The molecule has 0 spiro atoms. The maximum atomic E-state index is 8.83. The number of rotatable bonds is 6. The highest BCUT2D eigenvalue weighted by atomic mass is 32.1. The number of hydrogen-bond acceptors (Lipinski definition) is 4. The first kappa shape index (κ1) is 11.4.